The Morgan fingerprint density at radius 1 is 1.22 bits per heavy atom. The molecular weight excluding hydrogens is 273 g/mol. The summed E-state index contributed by atoms with van der Waals surface area (Å²) in [4.78, 5) is 14.1. The lowest BCUT2D eigenvalue weighted by Gasteiger charge is -2.23. The van der Waals surface area contributed by atoms with Gasteiger partial charge in [-0.15, -0.1) is 24.8 Å². The van der Waals surface area contributed by atoms with Crippen molar-refractivity contribution in [2.24, 2.45) is 5.92 Å². The van der Waals surface area contributed by atoms with Crippen molar-refractivity contribution >= 4 is 30.7 Å². The average Bonchev–Trinajstić information content (AvgIpc) is 2.35. The molecule has 0 radical (unpaired) electrons. The van der Waals surface area contributed by atoms with Gasteiger partial charge in [-0.25, -0.2) is 0 Å². The van der Waals surface area contributed by atoms with Gasteiger partial charge in [-0.2, -0.15) is 0 Å². The molecule has 0 aromatic rings. The topological polar surface area (TPSA) is 44.4 Å². The van der Waals surface area contributed by atoms with Crippen LogP contribution in [0.15, 0.2) is 0 Å². The quantitative estimate of drug-likeness (QED) is 0.777. The van der Waals surface area contributed by atoms with Crippen molar-refractivity contribution in [2.45, 2.75) is 26.7 Å². The van der Waals surface area contributed by atoms with Crippen LogP contribution in [-0.4, -0.2) is 50.1 Å². The molecule has 0 aromatic carbocycles. The molecule has 2 N–H and O–H groups in total. The van der Waals surface area contributed by atoms with Gasteiger partial charge in [0.2, 0.25) is 5.91 Å². The SMILES string of the molecule is CCN(CC)CCNC(=O)C1CCNCC1.Cl.Cl. The van der Waals surface area contributed by atoms with E-state index < -0.39 is 0 Å². The van der Waals surface area contributed by atoms with E-state index in [1.165, 1.54) is 0 Å². The zero-order valence-electron chi connectivity index (χ0n) is 11.4. The van der Waals surface area contributed by atoms with Crippen LogP contribution in [0.5, 0.6) is 0 Å². The fraction of sp³-hybridized carbons (Fsp3) is 0.917. The molecule has 1 rings (SSSR count). The molecule has 0 unspecified atom stereocenters. The lowest BCUT2D eigenvalue weighted by atomic mass is 9.97. The Morgan fingerprint density at radius 2 is 1.78 bits per heavy atom. The maximum atomic E-state index is 11.8. The third kappa shape index (κ3) is 7.41. The van der Waals surface area contributed by atoms with Crippen LogP contribution in [0.4, 0.5) is 0 Å². The third-order valence-corrected chi connectivity index (χ3v) is 3.33. The van der Waals surface area contributed by atoms with Gasteiger partial charge < -0.3 is 15.5 Å². The van der Waals surface area contributed by atoms with E-state index in [2.05, 4.69) is 29.4 Å². The Morgan fingerprint density at radius 3 is 2.28 bits per heavy atom. The number of amides is 1. The molecule has 1 fully saturated rings. The Labute approximate surface area is 123 Å². The van der Waals surface area contributed by atoms with Crippen LogP contribution < -0.4 is 10.6 Å². The fourth-order valence-electron chi connectivity index (χ4n) is 2.11. The zero-order chi connectivity index (χ0) is 11.8. The maximum Gasteiger partial charge on any atom is 0.223 e. The summed E-state index contributed by atoms with van der Waals surface area (Å²) in [5.41, 5.74) is 0. The number of carbonyl (C=O) groups excluding carboxylic acids is 1. The van der Waals surface area contributed by atoms with Crippen LogP contribution in [0.2, 0.25) is 0 Å². The minimum Gasteiger partial charge on any atom is -0.355 e. The van der Waals surface area contributed by atoms with Gasteiger partial charge >= 0.3 is 0 Å². The molecule has 0 aliphatic carbocycles. The highest BCUT2D eigenvalue weighted by Gasteiger charge is 2.20. The van der Waals surface area contributed by atoms with E-state index in [9.17, 15) is 4.79 Å². The number of likely N-dealkylation sites (N-methyl/N-ethyl adjacent to an activating group) is 1. The predicted molar refractivity (Wildman–Crippen MR) is 80.9 cm³/mol. The van der Waals surface area contributed by atoms with Crippen molar-refractivity contribution in [2.75, 3.05) is 39.3 Å². The molecule has 0 bridgehead atoms. The number of piperidine rings is 1. The molecule has 1 amide bonds. The molecular formula is C12H27Cl2N3O. The number of nitrogens with one attached hydrogen (secondary N) is 2. The minimum atomic E-state index is 0. The van der Waals surface area contributed by atoms with Gasteiger partial charge in [-0.3, -0.25) is 4.79 Å². The van der Waals surface area contributed by atoms with Crippen molar-refractivity contribution in [3.8, 4) is 0 Å². The fourth-order valence-corrected chi connectivity index (χ4v) is 2.11. The van der Waals surface area contributed by atoms with E-state index in [4.69, 9.17) is 0 Å². The lowest BCUT2D eigenvalue weighted by molar-refractivity contribution is -0.125. The summed E-state index contributed by atoms with van der Waals surface area (Å²) < 4.78 is 0. The largest absolute Gasteiger partial charge is 0.355 e. The highest BCUT2D eigenvalue weighted by Crippen LogP contribution is 2.10. The summed E-state index contributed by atoms with van der Waals surface area (Å²) in [7, 11) is 0. The summed E-state index contributed by atoms with van der Waals surface area (Å²) >= 11 is 0. The van der Waals surface area contributed by atoms with Crippen molar-refractivity contribution in [3.63, 3.8) is 0 Å². The Hall–Kier alpha value is -0.0300. The van der Waals surface area contributed by atoms with Crippen LogP contribution >= 0.6 is 24.8 Å². The molecule has 1 aliphatic rings. The molecule has 6 heteroatoms. The molecule has 0 saturated carbocycles. The van der Waals surface area contributed by atoms with Gasteiger partial charge in [0.25, 0.3) is 0 Å². The van der Waals surface area contributed by atoms with Crippen LogP contribution in [0.1, 0.15) is 26.7 Å². The monoisotopic (exact) mass is 299 g/mol. The second-order valence-electron chi connectivity index (χ2n) is 4.34. The standard InChI is InChI=1S/C12H25N3O.2ClH/c1-3-15(4-2)10-9-14-12(16)11-5-7-13-8-6-11;;/h11,13H,3-10H2,1-2H3,(H,14,16);2*1H. The summed E-state index contributed by atoms with van der Waals surface area (Å²) in [6, 6.07) is 0. The average molecular weight is 300 g/mol. The van der Waals surface area contributed by atoms with Gasteiger partial charge in [0.05, 0.1) is 0 Å². The number of carbonyl (C=O) groups is 1. The second-order valence-corrected chi connectivity index (χ2v) is 4.34. The molecule has 1 aliphatic heterocycles. The van der Waals surface area contributed by atoms with Gasteiger partial charge in [-0.1, -0.05) is 13.8 Å². The summed E-state index contributed by atoms with van der Waals surface area (Å²) in [5.74, 6) is 0.478. The van der Waals surface area contributed by atoms with E-state index >= 15 is 0 Å². The first kappa shape index (κ1) is 20.3. The van der Waals surface area contributed by atoms with E-state index in [1.54, 1.807) is 0 Å². The van der Waals surface area contributed by atoms with Crippen LogP contribution in [-0.2, 0) is 4.79 Å². The summed E-state index contributed by atoms with van der Waals surface area (Å²) in [6.07, 6.45) is 1.97. The van der Waals surface area contributed by atoms with Gasteiger partial charge in [0.15, 0.2) is 0 Å². The summed E-state index contributed by atoms with van der Waals surface area (Å²) in [5, 5.41) is 6.32. The van der Waals surface area contributed by atoms with Crippen molar-refractivity contribution < 1.29 is 4.79 Å². The third-order valence-electron chi connectivity index (χ3n) is 3.33. The van der Waals surface area contributed by atoms with Crippen molar-refractivity contribution in [3.05, 3.63) is 0 Å². The smallest absolute Gasteiger partial charge is 0.223 e. The van der Waals surface area contributed by atoms with Crippen molar-refractivity contribution in [1.82, 2.24) is 15.5 Å². The Balaban J connectivity index is 0. The van der Waals surface area contributed by atoms with Crippen LogP contribution in [0.25, 0.3) is 0 Å². The first-order valence-electron chi connectivity index (χ1n) is 6.48. The lowest BCUT2D eigenvalue weighted by Crippen LogP contribution is -2.41. The van der Waals surface area contributed by atoms with Crippen LogP contribution in [0.3, 0.4) is 0 Å². The Bertz CT molecular complexity index is 207. The van der Waals surface area contributed by atoms with Gasteiger partial charge in [-0.05, 0) is 39.0 Å². The highest BCUT2D eigenvalue weighted by molar-refractivity contribution is 5.85. The number of halogens is 2. The minimum absolute atomic E-state index is 0. The molecule has 4 nitrogen and oxygen atoms in total. The zero-order valence-corrected chi connectivity index (χ0v) is 13.0. The molecule has 110 valence electrons. The normalized spacial score (nSPS) is 15.7. The summed E-state index contributed by atoms with van der Waals surface area (Å²) in [6.45, 7) is 10.1. The first-order valence-corrected chi connectivity index (χ1v) is 6.48. The van der Waals surface area contributed by atoms with Crippen molar-refractivity contribution in [1.29, 1.82) is 0 Å². The first-order chi connectivity index (χ1) is 7.77. The molecule has 1 heterocycles. The highest BCUT2D eigenvalue weighted by atomic mass is 35.5. The van der Waals surface area contributed by atoms with Crippen LogP contribution in [0, 0.1) is 5.92 Å². The van der Waals surface area contributed by atoms with E-state index in [-0.39, 0.29) is 36.6 Å². The molecule has 0 aromatic heterocycles. The number of nitrogens with zero attached hydrogens (tertiary/aromatic N) is 1. The predicted octanol–water partition coefficient (Wildman–Crippen LogP) is 1.29. The number of hydrogen-bond acceptors (Lipinski definition) is 3. The molecule has 0 spiro atoms. The van der Waals surface area contributed by atoms with E-state index in [1.807, 2.05) is 0 Å². The Kier molecular flexibility index (Phi) is 13.6. The van der Waals surface area contributed by atoms with Gasteiger partial charge in [0, 0.05) is 19.0 Å². The number of hydrogen-bond donors (Lipinski definition) is 2. The van der Waals surface area contributed by atoms with E-state index in [0.29, 0.717) is 0 Å². The maximum absolute atomic E-state index is 11.8. The van der Waals surface area contributed by atoms with E-state index in [0.717, 1.165) is 52.1 Å². The molecule has 1 saturated heterocycles. The molecule has 18 heavy (non-hydrogen) atoms. The van der Waals surface area contributed by atoms with Gasteiger partial charge in [0.1, 0.15) is 0 Å². The number of rotatable bonds is 6. The molecule has 0 atom stereocenters. The second kappa shape index (κ2) is 12.0.